The second kappa shape index (κ2) is 6.30. The first-order valence-electron chi connectivity index (χ1n) is 8.60. The lowest BCUT2D eigenvalue weighted by atomic mass is 9.91. The molecule has 116 valence electrons. The maximum atomic E-state index is 9.98. The van der Waals surface area contributed by atoms with Crippen molar-refractivity contribution in [2.45, 2.75) is 50.6 Å². The van der Waals surface area contributed by atoms with Crippen LogP contribution in [-0.4, -0.2) is 72.4 Å². The second-order valence-corrected chi connectivity index (χ2v) is 7.04. The first-order valence-corrected chi connectivity index (χ1v) is 8.60. The normalized spacial score (nSPS) is 31.8. The van der Waals surface area contributed by atoms with Crippen LogP contribution in [-0.2, 0) is 0 Å². The molecule has 3 aliphatic rings. The monoisotopic (exact) mass is 281 g/mol. The molecule has 1 aliphatic carbocycles. The van der Waals surface area contributed by atoms with E-state index in [1.807, 2.05) is 0 Å². The Kier molecular flexibility index (Phi) is 4.65. The van der Waals surface area contributed by atoms with Gasteiger partial charge in [-0.1, -0.05) is 13.3 Å². The summed E-state index contributed by atoms with van der Waals surface area (Å²) in [5.41, 5.74) is -0.0361. The van der Waals surface area contributed by atoms with Crippen molar-refractivity contribution in [1.29, 1.82) is 0 Å². The fourth-order valence-corrected chi connectivity index (χ4v) is 4.32. The van der Waals surface area contributed by atoms with Crippen LogP contribution in [0.2, 0.25) is 0 Å². The van der Waals surface area contributed by atoms with Gasteiger partial charge in [0.1, 0.15) is 0 Å². The lowest BCUT2D eigenvalue weighted by Gasteiger charge is -2.47. The summed E-state index contributed by atoms with van der Waals surface area (Å²) in [6, 6.07) is 0.773. The summed E-state index contributed by atoms with van der Waals surface area (Å²) < 4.78 is 0. The van der Waals surface area contributed by atoms with Crippen LogP contribution in [0.4, 0.5) is 0 Å². The summed E-state index contributed by atoms with van der Waals surface area (Å²) in [7, 11) is 0. The third kappa shape index (κ3) is 3.03. The van der Waals surface area contributed by atoms with Gasteiger partial charge in [-0.05, 0) is 44.7 Å². The number of fused-ring (bicyclic) bond motifs is 1. The number of piperidine rings is 1. The Morgan fingerprint density at radius 2 is 2.00 bits per heavy atom. The highest BCUT2D eigenvalue weighted by Gasteiger charge is 2.46. The Labute approximate surface area is 123 Å². The lowest BCUT2D eigenvalue weighted by Crippen LogP contribution is -2.62. The molecule has 2 N–H and O–H groups in total. The molecule has 0 amide bonds. The molecule has 2 unspecified atom stereocenters. The van der Waals surface area contributed by atoms with Crippen molar-refractivity contribution in [3.05, 3.63) is 0 Å². The van der Waals surface area contributed by atoms with Gasteiger partial charge in [0.25, 0.3) is 0 Å². The standard InChI is InChI=1S/C16H31N3O/c1-2-17-16(13-20,14-6-7-14)12-18-9-10-19-8-4-3-5-15(19)11-18/h14-15,17,20H,2-13H2,1H3. The van der Waals surface area contributed by atoms with Crippen LogP contribution in [0.25, 0.3) is 0 Å². The first kappa shape index (κ1) is 14.8. The molecular weight excluding hydrogens is 250 g/mol. The summed E-state index contributed by atoms with van der Waals surface area (Å²) in [4.78, 5) is 5.30. The Bertz CT molecular complexity index is 321. The van der Waals surface area contributed by atoms with E-state index in [0.29, 0.717) is 5.92 Å². The van der Waals surface area contributed by atoms with E-state index < -0.39 is 0 Å². The lowest BCUT2D eigenvalue weighted by molar-refractivity contribution is 0.0183. The molecule has 0 aromatic rings. The molecule has 0 aromatic heterocycles. The van der Waals surface area contributed by atoms with Gasteiger partial charge in [0.05, 0.1) is 12.1 Å². The molecule has 4 nitrogen and oxygen atoms in total. The van der Waals surface area contributed by atoms with Gasteiger partial charge < -0.3 is 10.4 Å². The van der Waals surface area contributed by atoms with Crippen LogP contribution < -0.4 is 5.32 Å². The Hall–Kier alpha value is -0.160. The highest BCUT2D eigenvalue weighted by Crippen LogP contribution is 2.40. The first-order chi connectivity index (χ1) is 9.77. The summed E-state index contributed by atoms with van der Waals surface area (Å²) in [6.45, 7) is 9.35. The summed E-state index contributed by atoms with van der Waals surface area (Å²) in [5.74, 6) is 0.692. The fraction of sp³-hybridized carbons (Fsp3) is 1.00. The maximum Gasteiger partial charge on any atom is 0.0628 e. The number of likely N-dealkylation sites (N-methyl/N-ethyl adjacent to an activating group) is 1. The number of aliphatic hydroxyl groups excluding tert-OH is 1. The van der Waals surface area contributed by atoms with Gasteiger partial charge in [0.2, 0.25) is 0 Å². The number of hydrogen-bond donors (Lipinski definition) is 2. The predicted molar refractivity (Wildman–Crippen MR) is 81.9 cm³/mol. The van der Waals surface area contributed by atoms with Crippen LogP contribution in [0, 0.1) is 5.92 Å². The Morgan fingerprint density at radius 1 is 1.15 bits per heavy atom. The van der Waals surface area contributed by atoms with E-state index in [0.717, 1.165) is 19.1 Å². The predicted octanol–water partition coefficient (Wildman–Crippen LogP) is 0.907. The van der Waals surface area contributed by atoms with Crippen LogP contribution >= 0.6 is 0 Å². The molecule has 0 bridgehead atoms. The van der Waals surface area contributed by atoms with Gasteiger partial charge in [0.15, 0.2) is 0 Å². The SMILES string of the molecule is CCNC(CO)(CN1CCN2CCCCC2C1)C1CC1. The zero-order valence-electron chi connectivity index (χ0n) is 13.0. The van der Waals surface area contributed by atoms with Crippen molar-refractivity contribution in [3.63, 3.8) is 0 Å². The molecule has 1 saturated carbocycles. The summed E-state index contributed by atoms with van der Waals surface area (Å²) >= 11 is 0. The largest absolute Gasteiger partial charge is 0.394 e. The minimum Gasteiger partial charge on any atom is -0.394 e. The van der Waals surface area contributed by atoms with Crippen LogP contribution in [0.5, 0.6) is 0 Å². The van der Waals surface area contributed by atoms with E-state index in [9.17, 15) is 5.11 Å². The summed E-state index contributed by atoms with van der Waals surface area (Å²) in [5, 5.41) is 13.6. The van der Waals surface area contributed by atoms with E-state index in [4.69, 9.17) is 0 Å². The molecule has 2 heterocycles. The molecule has 3 fully saturated rings. The maximum absolute atomic E-state index is 9.98. The van der Waals surface area contributed by atoms with E-state index in [-0.39, 0.29) is 12.1 Å². The number of piperazine rings is 1. The molecule has 0 aromatic carbocycles. The van der Waals surface area contributed by atoms with Gasteiger partial charge in [0, 0.05) is 32.2 Å². The van der Waals surface area contributed by atoms with E-state index in [1.54, 1.807) is 0 Å². The number of hydrogen-bond acceptors (Lipinski definition) is 4. The third-order valence-corrected chi connectivity index (χ3v) is 5.60. The molecule has 20 heavy (non-hydrogen) atoms. The van der Waals surface area contributed by atoms with Crippen molar-refractivity contribution in [2.75, 3.05) is 45.9 Å². The van der Waals surface area contributed by atoms with Crippen molar-refractivity contribution in [1.82, 2.24) is 15.1 Å². The van der Waals surface area contributed by atoms with Gasteiger partial charge in [-0.3, -0.25) is 9.80 Å². The average molecular weight is 281 g/mol. The highest BCUT2D eigenvalue weighted by atomic mass is 16.3. The van der Waals surface area contributed by atoms with Crippen molar-refractivity contribution >= 4 is 0 Å². The second-order valence-electron chi connectivity index (χ2n) is 7.04. The van der Waals surface area contributed by atoms with E-state index in [2.05, 4.69) is 22.0 Å². The molecule has 0 spiro atoms. The highest BCUT2D eigenvalue weighted by molar-refractivity contribution is 5.03. The van der Waals surface area contributed by atoms with Gasteiger partial charge in [-0.15, -0.1) is 0 Å². The van der Waals surface area contributed by atoms with Crippen LogP contribution in [0.1, 0.15) is 39.0 Å². The minimum absolute atomic E-state index is 0.0361. The Morgan fingerprint density at radius 3 is 2.70 bits per heavy atom. The smallest absolute Gasteiger partial charge is 0.0628 e. The molecule has 2 aliphatic heterocycles. The number of nitrogens with zero attached hydrogens (tertiary/aromatic N) is 2. The molecule has 0 radical (unpaired) electrons. The Balaban J connectivity index is 1.60. The summed E-state index contributed by atoms with van der Waals surface area (Å²) in [6.07, 6.45) is 6.73. The number of nitrogens with one attached hydrogen (secondary N) is 1. The zero-order valence-corrected chi connectivity index (χ0v) is 13.0. The van der Waals surface area contributed by atoms with Crippen molar-refractivity contribution in [2.24, 2.45) is 5.92 Å². The minimum atomic E-state index is -0.0361. The quantitative estimate of drug-likeness (QED) is 0.759. The van der Waals surface area contributed by atoms with E-state index >= 15 is 0 Å². The third-order valence-electron chi connectivity index (χ3n) is 5.60. The van der Waals surface area contributed by atoms with Gasteiger partial charge >= 0.3 is 0 Å². The van der Waals surface area contributed by atoms with Gasteiger partial charge in [-0.2, -0.15) is 0 Å². The van der Waals surface area contributed by atoms with Crippen molar-refractivity contribution < 1.29 is 5.11 Å². The molecular formula is C16H31N3O. The molecule has 2 saturated heterocycles. The van der Waals surface area contributed by atoms with E-state index in [1.165, 1.54) is 58.3 Å². The number of aliphatic hydroxyl groups is 1. The van der Waals surface area contributed by atoms with Crippen molar-refractivity contribution in [3.8, 4) is 0 Å². The van der Waals surface area contributed by atoms with Gasteiger partial charge in [-0.25, -0.2) is 0 Å². The number of rotatable bonds is 6. The van der Waals surface area contributed by atoms with Crippen LogP contribution in [0.15, 0.2) is 0 Å². The zero-order chi connectivity index (χ0) is 14.0. The fourth-order valence-electron chi connectivity index (χ4n) is 4.32. The van der Waals surface area contributed by atoms with Crippen LogP contribution in [0.3, 0.4) is 0 Å². The average Bonchev–Trinajstić information content (AvgIpc) is 3.31. The molecule has 2 atom stereocenters. The molecule has 4 heteroatoms. The topological polar surface area (TPSA) is 38.7 Å². The molecule has 3 rings (SSSR count).